The lowest BCUT2D eigenvalue weighted by Crippen LogP contribution is -2.31. The molecular weight excluding hydrogens is 304 g/mol. The van der Waals surface area contributed by atoms with Gasteiger partial charge in [-0.25, -0.2) is 13.6 Å². The maximum absolute atomic E-state index is 12.2. The molecule has 6 nitrogen and oxygen atoms in total. The highest BCUT2D eigenvalue weighted by molar-refractivity contribution is 7.89. The van der Waals surface area contributed by atoms with E-state index < -0.39 is 16.1 Å². The van der Waals surface area contributed by atoms with E-state index >= 15 is 0 Å². The summed E-state index contributed by atoms with van der Waals surface area (Å²) < 4.78 is 28.2. The number of nitrogens with two attached hydrogens (primary N) is 1. The van der Waals surface area contributed by atoms with Gasteiger partial charge in [-0.05, 0) is 29.8 Å². The fourth-order valence-corrected chi connectivity index (χ4v) is 2.86. The number of fused-ring (bicyclic) bond motifs is 1. The minimum absolute atomic E-state index is 0.0547. The average molecular weight is 318 g/mol. The quantitative estimate of drug-likeness (QED) is 0.890. The third kappa shape index (κ3) is 2.95. The first-order valence-electron chi connectivity index (χ1n) is 6.62. The van der Waals surface area contributed by atoms with Crippen LogP contribution in [0.25, 0.3) is 0 Å². The number of carbonyl (C=O) groups is 1. The number of primary sulfonamides is 1. The molecule has 0 aliphatic carbocycles. The van der Waals surface area contributed by atoms with Gasteiger partial charge < -0.3 is 10.1 Å². The molecule has 0 saturated carbocycles. The molecule has 0 spiro atoms. The number of rotatable bonds is 3. The molecule has 0 fully saturated rings. The standard InChI is InChI=1S/C15H14N2O4S/c16-22(19,20)12-6-3-5-11(9-12)17-15(18)14-8-10-4-1-2-7-13(10)21-14/h1-7,9,14H,8H2,(H,17,18)(H2,16,19,20)/t14-/m1/s1. The molecule has 1 heterocycles. The van der Waals surface area contributed by atoms with Crippen LogP contribution >= 0.6 is 0 Å². The number of nitrogens with one attached hydrogen (secondary N) is 1. The van der Waals surface area contributed by atoms with E-state index in [9.17, 15) is 13.2 Å². The predicted molar refractivity (Wildman–Crippen MR) is 81.0 cm³/mol. The molecule has 22 heavy (non-hydrogen) atoms. The Kier molecular flexibility index (Phi) is 3.59. The molecule has 1 aliphatic heterocycles. The number of amides is 1. The number of para-hydroxylation sites is 1. The maximum atomic E-state index is 12.2. The summed E-state index contributed by atoms with van der Waals surface area (Å²) in [5.74, 6) is 0.365. The van der Waals surface area contributed by atoms with Crippen LogP contribution < -0.4 is 15.2 Å². The molecule has 2 aromatic rings. The first-order chi connectivity index (χ1) is 10.4. The van der Waals surface area contributed by atoms with E-state index in [2.05, 4.69) is 5.32 Å². The second-order valence-electron chi connectivity index (χ2n) is 4.98. The van der Waals surface area contributed by atoms with E-state index in [-0.39, 0.29) is 10.8 Å². The molecule has 114 valence electrons. The summed E-state index contributed by atoms with van der Waals surface area (Å²) in [7, 11) is -3.81. The number of hydrogen-bond acceptors (Lipinski definition) is 4. The van der Waals surface area contributed by atoms with E-state index in [0.29, 0.717) is 17.9 Å². The van der Waals surface area contributed by atoms with Crippen molar-refractivity contribution in [3.05, 3.63) is 54.1 Å². The zero-order chi connectivity index (χ0) is 15.7. The lowest BCUT2D eigenvalue weighted by molar-refractivity contribution is -0.122. The molecule has 1 amide bonds. The number of carbonyl (C=O) groups excluding carboxylic acids is 1. The Labute approximate surface area is 128 Å². The highest BCUT2D eigenvalue weighted by Crippen LogP contribution is 2.28. The average Bonchev–Trinajstić information content (AvgIpc) is 2.90. The highest BCUT2D eigenvalue weighted by Gasteiger charge is 2.28. The molecule has 1 aliphatic rings. The normalized spacial score (nSPS) is 16.7. The lowest BCUT2D eigenvalue weighted by Gasteiger charge is -2.12. The Morgan fingerprint density at radius 3 is 2.68 bits per heavy atom. The van der Waals surface area contributed by atoms with Crippen LogP contribution in [0.2, 0.25) is 0 Å². The molecule has 2 aromatic carbocycles. The minimum Gasteiger partial charge on any atom is -0.480 e. The number of benzene rings is 2. The summed E-state index contributed by atoms with van der Waals surface area (Å²) in [6.07, 6.45) is -0.146. The van der Waals surface area contributed by atoms with Crippen LogP contribution in [0.5, 0.6) is 5.75 Å². The first kappa shape index (κ1) is 14.6. The zero-order valence-electron chi connectivity index (χ0n) is 11.5. The van der Waals surface area contributed by atoms with Crippen LogP contribution in [0.15, 0.2) is 53.4 Å². The van der Waals surface area contributed by atoms with Crippen molar-refractivity contribution in [2.24, 2.45) is 5.14 Å². The Balaban J connectivity index is 1.74. The van der Waals surface area contributed by atoms with Crippen LogP contribution in [0, 0.1) is 0 Å². The van der Waals surface area contributed by atoms with Crippen LogP contribution in [0.4, 0.5) is 5.69 Å². The molecule has 3 N–H and O–H groups in total. The molecule has 3 rings (SSSR count). The van der Waals surface area contributed by atoms with Crippen LogP contribution in [0.1, 0.15) is 5.56 Å². The zero-order valence-corrected chi connectivity index (χ0v) is 12.3. The summed E-state index contributed by atoms with van der Waals surface area (Å²) in [4.78, 5) is 12.2. The van der Waals surface area contributed by atoms with Gasteiger partial charge in [0.05, 0.1) is 4.90 Å². The Hall–Kier alpha value is -2.38. The van der Waals surface area contributed by atoms with E-state index in [1.165, 1.54) is 18.2 Å². The van der Waals surface area contributed by atoms with Crippen molar-refractivity contribution >= 4 is 21.6 Å². The molecule has 0 radical (unpaired) electrons. The van der Waals surface area contributed by atoms with Gasteiger partial charge in [0.1, 0.15) is 5.75 Å². The van der Waals surface area contributed by atoms with Gasteiger partial charge in [0.25, 0.3) is 5.91 Å². The van der Waals surface area contributed by atoms with E-state index in [0.717, 1.165) is 5.56 Å². The van der Waals surface area contributed by atoms with Crippen LogP contribution in [0.3, 0.4) is 0 Å². The Bertz CT molecular complexity index is 808. The van der Waals surface area contributed by atoms with Crippen molar-refractivity contribution in [3.8, 4) is 5.75 Å². The molecule has 7 heteroatoms. The number of anilines is 1. The van der Waals surface area contributed by atoms with Gasteiger partial charge in [0, 0.05) is 12.1 Å². The van der Waals surface area contributed by atoms with Crippen LogP contribution in [-0.2, 0) is 21.2 Å². The van der Waals surface area contributed by atoms with Crippen molar-refractivity contribution in [3.63, 3.8) is 0 Å². The van der Waals surface area contributed by atoms with E-state index in [4.69, 9.17) is 9.88 Å². The predicted octanol–water partition coefficient (Wildman–Crippen LogP) is 1.28. The SMILES string of the molecule is NS(=O)(=O)c1cccc(NC(=O)[C@H]2Cc3ccccc3O2)c1. The summed E-state index contributed by atoms with van der Waals surface area (Å²) in [6.45, 7) is 0. The van der Waals surface area contributed by atoms with Crippen molar-refractivity contribution in [2.45, 2.75) is 17.4 Å². The first-order valence-corrected chi connectivity index (χ1v) is 8.16. The lowest BCUT2D eigenvalue weighted by atomic mass is 10.1. The Morgan fingerprint density at radius 1 is 1.18 bits per heavy atom. The van der Waals surface area contributed by atoms with Gasteiger partial charge in [0.15, 0.2) is 6.10 Å². The van der Waals surface area contributed by atoms with Gasteiger partial charge in [0.2, 0.25) is 10.0 Å². The molecular formula is C15H14N2O4S. The molecule has 0 unspecified atom stereocenters. The number of sulfonamides is 1. The molecule has 1 atom stereocenters. The second kappa shape index (κ2) is 5.43. The summed E-state index contributed by atoms with van der Waals surface area (Å²) in [6, 6.07) is 13.2. The van der Waals surface area contributed by atoms with Gasteiger partial charge in [-0.3, -0.25) is 4.79 Å². The van der Waals surface area contributed by atoms with Gasteiger partial charge in [-0.1, -0.05) is 24.3 Å². The van der Waals surface area contributed by atoms with Gasteiger partial charge in [-0.2, -0.15) is 0 Å². The number of ether oxygens (including phenoxy) is 1. The third-order valence-electron chi connectivity index (χ3n) is 3.37. The highest BCUT2D eigenvalue weighted by atomic mass is 32.2. The molecule has 0 saturated heterocycles. The summed E-state index contributed by atoms with van der Waals surface area (Å²) in [5.41, 5.74) is 1.33. The largest absolute Gasteiger partial charge is 0.480 e. The fraction of sp³-hybridized carbons (Fsp3) is 0.133. The molecule has 0 bridgehead atoms. The Morgan fingerprint density at radius 2 is 1.95 bits per heavy atom. The maximum Gasteiger partial charge on any atom is 0.265 e. The summed E-state index contributed by atoms with van der Waals surface area (Å²) >= 11 is 0. The van der Waals surface area contributed by atoms with E-state index in [1.807, 2.05) is 24.3 Å². The fourth-order valence-electron chi connectivity index (χ4n) is 2.30. The van der Waals surface area contributed by atoms with Crippen molar-refractivity contribution in [1.82, 2.24) is 0 Å². The van der Waals surface area contributed by atoms with Crippen molar-refractivity contribution in [1.29, 1.82) is 0 Å². The minimum atomic E-state index is -3.81. The molecule has 0 aromatic heterocycles. The van der Waals surface area contributed by atoms with Crippen LogP contribution in [-0.4, -0.2) is 20.4 Å². The van der Waals surface area contributed by atoms with Crippen molar-refractivity contribution in [2.75, 3.05) is 5.32 Å². The summed E-state index contributed by atoms with van der Waals surface area (Å²) in [5, 5.41) is 7.72. The monoisotopic (exact) mass is 318 g/mol. The van der Waals surface area contributed by atoms with Gasteiger partial charge >= 0.3 is 0 Å². The smallest absolute Gasteiger partial charge is 0.265 e. The van der Waals surface area contributed by atoms with Gasteiger partial charge in [-0.15, -0.1) is 0 Å². The topological polar surface area (TPSA) is 98.5 Å². The van der Waals surface area contributed by atoms with Crippen molar-refractivity contribution < 1.29 is 17.9 Å². The second-order valence-corrected chi connectivity index (χ2v) is 6.54. The third-order valence-corrected chi connectivity index (χ3v) is 4.28. The van der Waals surface area contributed by atoms with E-state index in [1.54, 1.807) is 6.07 Å². The number of hydrogen-bond donors (Lipinski definition) is 2.